The zero-order valence-electron chi connectivity index (χ0n) is 14.8. The number of fused-ring (bicyclic) bond motifs is 1. The van der Waals surface area contributed by atoms with Crippen LogP contribution in [0.3, 0.4) is 0 Å². The molecule has 2 saturated carbocycles. The molecule has 0 unspecified atom stereocenters. The first-order chi connectivity index (χ1) is 11.1. The highest BCUT2D eigenvalue weighted by Crippen LogP contribution is 2.40. The van der Waals surface area contributed by atoms with Crippen molar-refractivity contribution in [2.45, 2.75) is 88.8 Å². The summed E-state index contributed by atoms with van der Waals surface area (Å²) in [5.41, 5.74) is -0.551. The Morgan fingerprint density at radius 2 is 1.91 bits per heavy atom. The molecule has 0 aromatic rings. The van der Waals surface area contributed by atoms with E-state index in [-0.39, 0.29) is 5.91 Å². The first-order valence-electron chi connectivity index (χ1n) is 9.51. The van der Waals surface area contributed by atoms with Gasteiger partial charge in [-0.05, 0) is 44.9 Å². The fraction of sp³-hybridized carbons (Fsp3) is 0.895. The Hall–Kier alpha value is -1.08. The number of hydrogen-bond donors (Lipinski definition) is 0. The summed E-state index contributed by atoms with van der Waals surface area (Å²) in [6.07, 6.45) is 11.5. The van der Waals surface area contributed by atoms with Crippen molar-refractivity contribution < 1.29 is 4.79 Å². The summed E-state index contributed by atoms with van der Waals surface area (Å²) in [6.45, 7) is 2.77. The quantitative estimate of drug-likeness (QED) is 0.802. The van der Waals surface area contributed by atoms with Gasteiger partial charge in [0.2, 0.25) is 5.91 Å². The van der Waals surface area contributed by atoms with Crippen molar-refractivity contribution in [2.75, 3.05) is 13.6 Å². The molecule has 0 aromatic carbocycles. The van der Waals surface area contributed by atoms with Crippen molar-refractivity contribution in [1.82, 2.24) is 9.80 Å². The van der Waals surface area contributed by atoms with E-state index >= 15 is 0 Å². The molecule has 0 radical (unpaired) electrons. The molecule has 3 atom stereocenters. The Morgan fingerprint density at radius 1 is 1.22 bits per heavy atom. The zero-order valence-corrected chi connectivity index (χ0v) is 14.8. The molecular formula is C19H31N3O. The van der Waals surface area contributed by atoms with Crippen LogP contribution in [0.1, 0.15) is 71.1 Å². The van der Waals surface area contributed by atoms with Gasteiger partial charge in [-0.1, -0.05) is 32.1 Å². The van der Waals surface area contributed by atoms with Crippen LogP contribution < -0.4 is 0 Å². The molecule has 1 heterocycles. The number of hydrogen-bond acceptors (Lipinski definition) is 3. The molecule has 128 valence electrons. The van der Waals surface area contributed by atoms with Gasteiger partial charge in [0.05, 0.1) is 12.6 Å². The molecule has 4 nitrogen and oxygen atoms in total. The number of nitrogens with zero attached hydrogens (tertiary/aromatic N) is 3. The Bertz CT molecular complexity index is 477. The summed E-state index contributed by atoms with van der Waals surface area (Å²) in [5, 5.41) is 9.70. The fourth-order valence-corrected chi connectivity index (χ4v) is 5.23. The second-order valence-electron chi connectivity index (χ2n) is 8.03. The van der Waals surface area contributed by atoms with Gasteiger partial charge in [-0.25, -0.2) is 0 Å². The van der Waals surface area contributed by atoms with Crippen molar-refractivity contribution in [3.63, 3.8) is 0 Å². The first-order valence-corrected chi connectivity index (χ1v) is 9.51. The van der Waals surface area contributed by atoms with Crippen molar-refractivity contribution in [1.29, 1.82) is 5.26 Å². The van der Waals surface area contributed by atoms with Crippen LogP contribution in [0.15, 0.2) is 0 Å². The summed E-state index contributed by atoms with van der Waals surface area (Å²) in [4.78, 5) is 17.1. The highest BCUT2D eigenvalue weighted by Gasteiger charge is 2.43. The van der Waals surface area contributed by atoms with Gasteiger partial charge in [-0.2, -0.15) is 5.26 Å². The molecule has 0 bridgehead atoms. The molecule has 1 aliphatic heterocycles. The highest BCUT2D eigenvalue weighted by molar-refractivity contribution is 5.79. The largest absolute Gasteiger partial charge is 0.326 e. The number of rotatable bonds is 3. The van der Waals surface area contributed by atoms with E-state index in [0.29, 0.717) is 18.6 Å². The minimum atomic E-state index is -0.551. The molecule has 3 aliphatic rings. The fourth-order valence-electron chi connectivity index (χ4n) is 5.23. The van der Waals surface area contributed by atoms with Crippen LogP contribution in [-0.4, -0.2) is 46.9 Å². The van der Waals surface area contributed by atoms with E-state index in [1.807, 2.05) is 7.05 Å². The van der Waals surface area contributed by atoms with Crippen LogP contribution in [-0.2, 0) is 4.79 Å². The van der Waals surface area contributed by atoms with Gasteiger partial charge in [0.25, 0.3) is 0 Å². The van der Waals surface area contributed by atoms with Crippen molar-refractivity contribution in [3.8, 4) is 6.07 Å². The summed E-state index contributed by atoms with van der Waals surface area (Å²) >= 11 is 0. The molecular weight excluding hydrogens is 286 g/mol. The van der Waals surface area contributed by atoms with Crippen LogP contribution in [0.2, 0.25) is 0 Å². The average molecular weight is 317 g/mol. The van der Waals surface area contributed by atoms with E-state index in [1.165, 1.54) is 38.5 Å². The predicted molar refractivity (Wildman–Crippen MR) is 90.7 cm³/mol. The Morgan fingerprint density at radius 3 is 2.61 bits per heavy atom. The molecule has 0 spiro atoms. The normalized spacial score (nSPS) is 33.7. The van der Waals surface area contributed by atoms with E-state index in [9.17, 15) is 10.1 Å². The third-order valence-electron chi connectivity index (χ3n) is 6.73. The maximum atomic E-state index is 12.9. The van der Waals surface area contributed by atoms with Crippen LogP contribution in [0, 0.1) is 17.2 Å². The van der Waals surface area contributed by atoms with E-state index in [1.54, 1.807) is 4.90 Å². The van der Waals surface area contributed by atoms with Gasteiger partial charge in [0.15, 0.2) is 0 Å². The molecule has 1 saturated heterocycles. The third-order valence-corrected chi connectivity index (χ3v) is 6.73. The molecule has 4 heteroatoms. The van der Waals surface area contributed by atoms with Gasteiger partial charge in [-0.3, -0.25) is 9.69 Å². The van der Waals surface area contributed by atoms with Crippen LogP contribution in [0.4, 0.5) is 0 Å². The summed E-state index contributed by atoms with van der Waals surface area (Å²) in [6, 6.07) is 3.58. The maximum absolute atomic E-state index is 12.9. The molecule has 3 fully saturated rings. The highest BCUT2D eigenvalue weighted by atomic mass is 16.2. The lowest BCUT2D eigenvalue weighted by Gasteiger charge is -2.41. The average Bonchev–Trinajstić information content (AvgIpc) is 2.90. The second-order valence-corrected chi connectivity index (χ2v) is 8.03. The molecule has 3 rings (SSSR count). The van der Waals surface area contributed by atoms with Crippen LogP contribution >= 0.6 is 0 Å². The Labute approximate surface area is 140 Å². The number of amides is 1. The number of nitriles is 1. The van der Waals surface area contributed by atoms with Gasteiger partial charge >= 0.3 is 0 Å². The predicted octanol–water partition coefficient (Wildman–Crippen LogP) is 3.32. The zero-order chi connectivity index (χ0) is 16.4. The first kappa shape index (κ1) is 16.8. The Kier molecular flexibility index (Phi) is 4.96. The van der Waals surface area contributed by atoms with E-state index in [2.05, 4.69) is 17.9 Å². The topological polar surface area (TPSA) is 47.3 Å². The lowest BCUT2D eigenvalue weighted by atomic mass is 9.81. The molecule has 1 amide bonds. The van der Waals surface area contributed by atoms with E-state index in [0.717, 1.165) is 31.6 Å². The monoisotopic (exact) mass is 317 g/mol. The van der Waals surface area contributed by atoms with Gasteiger partial charge in [0, 0.05) is 19.1 Å². The van der Waals surface area contributed by atoms with Gasteiger partial charge < -0.3 is 4.90 Å². The molecule has 2 aliphatic carbocycles. The standard InChI is InChI=1S/C19H31N3O/c1-15-12-16-8-4-5-9-17(16)22(15)13-18(23)21(2)19(14-20)10-6-3-7-11-19/h15-17H,3-13H2,1-2H3/t15-,16+,17-/m1/s1. The molecule has 0 aromatic heterocycles. The Balaban J connectivity index is 1.67. The lowest BCUT2D eigenvalue weighted by molar-refractivity contribution is -0.137. The minimum absolute atomic E-state index is 0.145. The smallest absolute Gasteiger partial charge is 0.237 e. The van der Waals surface area contributed by atoms with Crippen molar-refractivity contribution in [2.24, 2.45) is 5.92 Å². The number of carbonyl (C=O) groups is 1. The lowest BCUT2D eigenvalue weighted by Crippen LogP contribution is -2.54. The summed E-state index contributed by atoms with van der Waals surface area (Å²) < 4.78 is 0. The summed E-state index contributed by atoms with van der Waals surface area (Å²) in [5.74, 6) is 0.933. The maximum Gasteiger partial charge on any atom is 0.237 e. The van der Waals surface area contributed by atoms with Crippen LogP contribution in [0.5, 0.6) is 0 Å². The van der Waals surface area contributed by atoms with Crippen molar-refractivity contribution >= 4 is 5.91 Å². The second kappa shape index (κ2) is 6.81. The van der Waals surface area contributed by atoms with E-state index in [4.69, 9.17) is 0 Å². The van der Waals surface area contributed by atoms with Crippen molar-refractivity contribution in [3.05, 3.63) is 0 Å². The van der Waals surface area contributed by atoms with E-state index < -0.39 is 5.54 Å². The number of likely N-dealkylation sites (tertiary alicyclic amines) is 1. The molecule has 23 heavy (non-hydrogen) atoms. The number of likely N-dealkylation sites (N-methyl/N-ethyl adjacent to an activating group) is 1. The number of carbonyl (C=O) groups excluding carboxylic acids is 1. The molecule has 0 N–H and O–H groups in total. The van der Waals surface area contributed by atoms with Gasteiger partial charge in [-0.15, -0.1) is 0 Å². The summed E-state index contributed by atoms with van der Waals surface area (Å²) in [7, 11) is 1.86. The van der Waals surface area contributed by atoms with Gasteiger partial charge in [0.1, 0.15) is 5.54 Å². The minimum Gasteiger partial charge on any atom is -0.326 e. The van der Waals surface area contributed by atoms with Crippen LogP contribution in [0.25, 0.3) is 0 Å². The third kappa shape index (κ3) is 3.13. The SMILES string of the molecule is C[C@@H]1C[C@@H]2CCCC[C@H]2N1CC(=O)N(C)C1(C#N)CCCCC1.